The summed E-state index contributed by atoms with van der Waals surface area (Å²) in [5.74, 6) is 1.98. The standard InChI is InChI=1S/C24H41N5O2S2/c1-4-6-21(30)28-14-11-20(12-15-28)29(19-9-7-18(3)8-10-19)24(31)27-23-26-17-22(33-23)32-16-13-25-5-2/h17-20,25H,4-16H2,1-3H3,(H,26,27,31). The van der Waals surface area contributed by atoms with Gasteiger partial charge in [0.05, 0.1) is 10.4 Å². The van der Waals surface area contributed by atoms with E-state index in [0.717, 1.165) is 74.2 Å². The molecule has 186 valence electrons. The van der Waals surface area contributed by atoms with Crippen molar-refractivity contribution in [1.29, 1.82) is 0 Å². The van der Waals surface area contributed by atoms with E-state index in [1.165, 1.54) is 12.8 Å². The molecule has 3 amide bonds. The van der Waals surface area contributed by atoms with Gasteiger partial charge in [-0.1, -0.05) is 32.1 Å². The number of aromatic nitrogens is 1. The van der Waals surface area contributed by atoms with Crippen molar-refractivity contribution in [2.45, 2.75) is 88.4 Å². The topological polar surface area (TPSA) is 77.6 Å². The van der Waals surface area contributed by atoms with E-state index in [9.17, 15) is 9.59 Å². The van der Waals surface area contributed by atoms with Crippen molar-refractivity contribution in [3.8, 4) is 0 Å². The van der Waals surface area contributed by atoms with Crippen molar-refractivity contribution < 1.29 is 9.59 Å². The molecule has 0 atom stereocenters. The molecule has 1 aromatic rings. The Hall–Kier alpha value is -1.32. The molecule has 0 spiro atoms. The molecule has 3 rings (SSSR count). The Morgan fingerprint density at radius 3 is 2.52 bits per heavy atom. The molecule has 1 aliphatic carbocycles. The van der Waals surface area contributed by atoms with Gasteiger partial charge in [0.15, 0.2) is 5.13 Å². The van der Waals surface area contributed by atoms with Gasteiger partial charge in [0, 0.05) is 43.9 Å². The maximum absolute atomic E-state index is 13.5. The highest BCUT2D eigenvalue weighted by atomic mass is 32.2. The highest BCUT2D eigenvalue weighted by Crippen LogP contribution is 2.33. The summed E-state index contributed by atoms with van der Waals surface area (Å²) in [4.78, 5) is 34.4. The molecule has 2 fully saturated rings. The van der Waals surface area contributed by atoms with E-state index in [2.05, 4.69) is 34.4 Å². The van der Waals surface area contributed by atoms with E-state index in [0.29, 0.717) is 11.6 Å². The molecule has 0 unspecified atom stereocenters. The van der Waals surface area contributed by atoms with Crippen molar-refractivity contribution in [2.24, 2.45) is 5.92 Å². The maximum Gasteiger partial charge on any atom is 0.324 e. The number of urea groups is 1. The average molecular weight is 496 g/mol. The predicted octanol–water partition coefficient (Wildman–Crippen LogP) is 5.05. The smallest absolute Gasteiger partial charge is 0.324 e. The van der Waals surface area contributed by atoms with Gasteiger partial charge in [0.2, 0.25) is 5.91 Å². The maximum atomic E-state index is 13.5. The minimum Gasteiger partial charge on any atom is -0.343 e. The van der Waals surface area contributed by atoms with Crippen LogP contribution in [0.2, 0.25) is 0 Å². The molecule has 1 aromatic heterocycles. The number of thioether (sulfide) groups is 1. The minimum atomic E-state index is -0.0218. The zero-order chi connectivity index (χ0) is 23.6. The normalized spacial score (nSPS) is 21.7. The number of rotatable bonds is 10. The van der Waals surface area contributed by atoms with Crippen LogP contribution >= 0.6 is 23.1 Å². The number of nitrogens with zero attached hydrogens (tertiary/aromatic N) is 3. The van der Waals surface area contributed by atoms with Gasteiger partial charge in [-0.05, 0) is 57.4 Å². The van der Waals surface area contributed by atoms with Crippen LogP contribution in [0.1, 0.15) is 72.1 Å². The predicted molar refractivity (Wildman–Crippen MR) is 138 cm³/mol. The number of hydrogen-bond donors (Lipinski definition) is 2. The number of nitrogens with one attached hydrogen (secondary N) is 2. The molecule has 0 bridgehead atoms. The highest BCUT2D eigenvalue weighted by Gasteiger charge is 2.35. The van der Waals surface area contributed by atoms with Crippen LogP contribution in [0.15, 0.2) is 10.4 Å². The number of thiazole rings is 1. The summed E-state index contributed by atoms with van der Waals surface area (Å²) in [6, 6.07) is 0.437. The molecular weight excluding hydrogens is 454 g/mol. The van der Waals surface area contributed by atoms with Gasteiger partial charge in [-0.25, -0.2) is 9.78 Å². The largest absolute Gasteiger partial charge is 0.343 e. The van der Waals surface area contributed by atoms with Crippen LogP contribution in [0.5, 0.6) is 0 Å². The summed E-state index contributed by atoms with van der Waals surface area (Å²) >= 11 is 3.32. The first kappa shape index (κ1) is 26.3. The number of hydrogen-bond acceptors (Lipinski definition) is 6. The average Bonchev–Trinajstić information content (AvgIpc) is 3.26. The Labute approximate surface area is 207 Å². The van der Waals surface area contributed by atoms with Crippen LogP contribution < -0.4 is 10.6 Å². The van der Waals surface area contributed by atoms with E-state index in [1.54, 1.807) is 23.1 Å². The van der Waals surface area contributed by atoms with Crippen molar-refractivity contribution in [1.82, 2.24) is 20.1 Å². The number of carbonyl (C=O) groups excluding carboxylic acids is 2. The summed E-state index contributed by atoms with van der Waals surface area (Å²) in [7, 11) is 0. The Morgan fingerprint density at radius 2 is 1.85 bits per heavy atom. The first-order valence-corrected chi connectivity index (χ1v) is 14.5. The lowest BCUT2D eigenvalue weighted by Crippen LogP contribution is -2.54. The highest BCUT2D eigenvalue weighted by molar-refractivity contribution is 8.01. The molecule has 7 nitrogen and oxygen atoms in total. The minimum absolute atomic E-state index is 0.0218. The summed E-state index contributed by atoms with van der Waals surface area (Å²) in [5, 5.41) is 7.11. The summed E-state index contributed by atoms with van der Waals surface area (Å²) in [6.07, 6.45) is 9.56. The summed E-state index contributed by atoms with van der Waals surface area (Å²) in [5.41, 5.74) is 0. The third-order valence-corrected chi connectivity index (χ3v) is 8.87. The van der Waals surface area contributed by atoms with Gasteiger partial charge in [-0.15, -0.1) is 11.8 Å². The number of amides is 3. The fraction of sp³-hybridized carbons (Fsp3) is 0.792. The van der Waals surface area contributed by atoms with Crippen LogP contribution in [0.25, 0.3) is 0 Å². The Kier molecular flexibility index (Phi) is 10.8. The molecule has 9 heteroatoms. The Bertz CT molecular complexity index is 743. The first-order valence-electron chi connectivity index (χ1n) is 12.7. The zero-order valence-corrected chi connectivity index (χ0v) is 22.1. The van der Waals surface area contributed by atoms with E-state index >= 15 is 0 Å². The van der Waals surface area contributed by atoms with Crippen molar-refractivity contribution in [2.75, 3.05) is 37.2 Å². The lowest BCUT2D eigenvalue weighted by Gasteiger charge is -2.44. The fourth-order valence-electron chi connectivity index (χ4n) is 4.86. The third-order valence-electron chi connectivity index (χ3n) is 6.76. The van der Waals surface area contributed by atoms with Crippen molar-refractivity contribution in [3.63, 3.8) is 0 Å². The number of anilines is 1. The quantitative estimate of drug-likeness (QED) is 0.351. The van der Waals surface area contributed by atoms with Crippen molar-refractivity contribution in [3.05, 3.63) is 6.20 Å². The van der Waals surface area contributed by atoms with E-state index in [4.69, 9.17) is 0 Å². The molecule has 2 aliphatic rings. The van der Waals surface area contributed by atoms with Crippen LogP contribution in [-0.2, 0) is 4.79 Å². The molecule has 2 heterocycles. The Morgan fingerprint density at radius 1 is 1.15 bits per heavy atom. The van der Waals surface area contributed by atoms with Gasteiger partial charge < -0.3 is 15.1 Å². The van der Waals surface area contributed by atoms with Crippen LogP contribution in [-0.4, -0.2) is 70.7 Å². The SMILES string of the molecule is CCCC(=O)N1CCC(N(C(=O)Nc2ncc(SCCNCC)s2)C2CCC(C)CC2)CC1. The van der Waals surface area contributed by atoms with E-state index in [1.807, 2.05) is 18.0 Å². The van der Waals surface area contributed by atoms with Gasteiger partial charge in [0.25, 0.3) is 0 Å². The van der Waals surface area contributed by atoms with Crippen molar-refractivity contribution >= 4 is 40.2 Å². The molecule has 1 saturated heterocycles. The van der Waals surface area contributed by atoms with Crippen LogP contribution in [0.3, 0.4) is 0 Å². The molecule has 1 saturated carbocycles. The van der Waals surface area contributed by atoms with Crippen LogP contribution in [0.4, 0.5) is 9.93 Å². The summed E-state index contributed by atoms with van der Waals surface area (Å²) in [6.45, 7) is 9.91. The third kappa shape index (κ3) is 7.86. The number of piperidine rings is 1. The second kappa shape index (κ2) is 13.5. The molecule has 0 aromatic carbocycles. The number of likely N-dealkylation sites (tertiary alicyclic amines) is 1. The second-order valence-corrected chi connectivity index (χ2v) is 11.7. The lowest BCUT2D eigenvalue weighted by molar-refractivity contribution is -0.132. The fourth-order valence-corrected chi connectivity index (χ4v) is 6.69. The second-order valence-electron chi connectivity index (χ2n) is 9.30. The lowest BCUT2D eigenvalue weighted by atomic mass is 9.85. The van der Waals surface area contributed by atoms with Gasteiger partial charge in [0.1, 0.15) is 0 Å². The Balaban J connectivity index is 1.61. The first-order chi connectivity index (χ1) is 16.0. The van der Waals surface area contributed by atoms with Gasteiger partial charge in [-0.3, -0.25) is 10.1 Å². The van der Waals surface area contributed by atoms with Crippen LogP contribution in [0, 0.1) is 5.92 Å². The van der Waals surface area contributed by atoms with Gasteiger partial charge in [-0.2, -0.15) is 0 Å². The molecular formula is C24H41N5O2S2. The number of carbonyl (C=O) groups is 2. The molecule has 0 radical (unpaired) electrons. The summed E-state index contributed by atoms with van der Waals surface area (Å²) < 4.78 is 1.13. The molecule has 33 heavy (non-hydrogen) atoms. The molecule has 1 aliphatic heterocycles. The van der Waals surface area contributed by atoms with E-state index < -0.39 is 0 Å². The van der Waals surface area contributed by atoms with E-state index in [-0.39, 0.29) is 24.0 Å². The zero-order valence-electron chi connectivity index (χ0n) is 20.5. The monoisotopic (exact) mass is 495 g/mol. The van der Waals surface area contributed by atoms with Gasteiger partial charge >= 0.3 is 6.03 Å². The molecule has 2 N–H and O–H groups in total.